The first-order chi connectivity index (χ1) is 7.69. The van der Waals surface area contributed by atoms with Crippen molar-refractivity contribution >= 4 is 0 Å². The lowest BCUT2D eigenvalue weighted by Crippen LogP contribution is -2.22. The Labute approximate surface area is 97.4 Å². The Morgan fingerprint density at radius 2 is 2.19 bits per heavy atom. The lowest BCUT2D eigenvalue weighted by atomic mass is 10.0. The van der Waals surface area contributed by atoms with Crippen LogP contribution in [0.25, 0.3) is 0 Å². The number of aliphatic hydroxyl groups excluding tert-OH is 1. The third-order valence-electron chi connectivity index (χ3n) is 2.60. The van der Waals surface area contributed by atoms with Crippen LogP contribution >= 0.6 is 0 Å². The molecule has 0 aliphatic rings. The summed E-state index contributed by atoms with van der Waals surface area (Å²) in [5.41, 5.74) is 2.02. The number of ether oxygens (including phenoxy) is 1. The number of rotatable bonds is 6. The van der Waals surface area contributed by atoms with E-state index in [-0.39, 0.29) is 0 Å². The minimum Gasteiger partial charge on any atom is -0.497 e. The van der Waals surface area contributed by atoms with Gasteiger partial charge < -0.3 is 15.2 Å². The number of hydrogen-bond donors (Lipinski definition) is 2. The summed E-state index contributed by atoms with van der Waals surface area (Å²) in [5.74, 6) is 0.829. The van der Waals surface area contributed by atoms with Crippen LogP contribution in [0.3, 0.4) is 0 Å². The molecular weight excluding hydrogens is 202 g/mol. The van der Waals surface area contributed by atoms with Crippen molar-refractivity contribution < 1.29 is 9.84 Å². The van der Waals surface area contributed by atoms with Crippen molar-refractivity contribution in [2.75, 3.05) is 20.2 Å². The van der Waals surface area contributed by atoms with E-state index >= 15 is 0 Å². The number of aryl methyl sites for hydroxylation is 1. The average Bonchev–Trinajstić information content (AvgIpc) is 2.29. The smallest absolute Gasteiger partial charge is 0.119 e. The molecule has 0 aliphatic heterocycles. The van der Waals surface area contributed by atoms with E-state index in [2.05, 4.69) is 12.2 Å². The summed E-state index contributed by atoms with van der Waals surface area (Å²) in [5, 5.41) is 13.2. The Hall–Kier alpha value is -1.06. The van der Waals surface area contributed by atoms with Crippen molar-refractivity contribution in [3.63, 3.8) is 0 Å². The van der Waals surface area contributed by atoms with Gasteiger partial charge in [0.15, 0.2) is 0 Å². The highest BCUT2D eigenvalue weighted by molar-refractivity contribution is 5.36. The molecule has 0 saturated heterocycles. The van der Waals surface area contributed by atoms with E-state index in [1.807, 2.05) is 25.1 Å². The van der Waals surface area contributed by atoms with Gasteiger partial charge in [-0.05, 0) is 43.1 Å². The van der Waals surface area contributed by atoms with Gasteiger partial charge in [-0.25, -0.2) is 0 Å². The highest BCUT2D eigenvalue weighted by Crippen LogP contribution is 2.22. The normalized spacial score (nSPS) is 12.5. The molecule has 0 bridgehead atoms. The number of aliphatic hydroxyl groups is 1. The monoisotopic (exact) mass is 223 g/mol. The second kappa shape index (κ2) is 6.51. The van der Waals surface area contributed by atoms with Gasteiger partial charge in [0.05, 0.1) is 13.2 Å². The number of nitrogens with one attached hydrogen (secondary N) is 1. The molecule has 0 aromatic heterocycles. The molecule has 1 aromatic carbocycles. The lowest BCUT2D eigenvalue weighted by molar-refractivity contribution is 0.174. The summed E-state index contributed by atoms with van der Waals surface area (Å²) in [6, 6.07) is 5.75. The van der Waals surface area contributed by atoms with Crippen LogP contribution in [0.5, 0.6) is 5.75 Å². The zero-order valence-electron chi connectivity index (χ0n) is 10.3. The predicted molar refractivity (Wildman–Crippen MR) is 65.9 cm³/mol. The van der Waals surface area contributed by atoms with Gasteiger partial charge in [0, 0.05) is 6.54 Å². The third-order valence-corrected chi connectivity index (χ3v) is 2.60. The Morgan fingerprint density at radius 3 is 2.75 bits per heavy atom. The molecule has 1 atom stereocenters. The largest absolute Gasteiger partial charge is 0.497 e. The topological polar surface area (TPSA) is 41.5 Å². The van der Waals surface area contributed by atoms with Crippen LogP contribution in [-0.2, 0) is 0 Å². The van der Waals surface area contributed by atoms with Gasteiger partial charge in [0.2, 0.25) is 0 Å². The molecule has 0 aliphatic carbocycles. The van der Waals surface area contributed by atoms with Crippen molar-refractivity contribution in [2.24, 2.45) is 0 Å². The Balaban J connectivity index is 2.64. The van der Waals surface area contributed by atoms with E-state index in [1.54, 1.807) is 7.11 Å². The van der Waals surface area contributed by atoms with Crippen molar-refractivity contribution in [1.29, 1.82) is 0 Å². The third kappa shape index (κ3) is 3.51. The molecule has 90 valence electrons. The maximum Gasteiger partial charge on any atom is 0.119 e. The minimum absolute atomic E-state index is 0.447. The van der Waals surface area contributed by atoms with Crippen molar-refractivity contribution in [2.45, 2.75) is 26.4 Å². The second-order valence-corrected chi connectivity index (χ2v) is 3.94. The fraction of sp³-hybridized carbons (Fsp3) is 0.538. The zero-order chi connectivity index (χ0) is 12.0. The van der Waals surface area contributed by atoms with Crippen molar-refractivity contribution in [1.82, 2.24) is 5.32 Å². The van der Waals surface area contributed by atoms with Crippen molar-refractivity contribution in [3.05, 3.63) is 29.3 Å². The van der Waals surface area contributed by atoms with E-state index < -0.39 is 6.10 Å². The molecule has 1 aromatic rings. The Kier molecular flexibility index (Phi) is 5.29. The van der Waals surface area contributed by atoms with Gasteiger partial charge in [0.25, 0.3) is 0 Å². The van der Waals surface area contributed by atoms with E-state index in [1.165, 1.54) is 0 Å². The van der Waals surface area contributed by atoms with Crippen LogP contribution < -0.4 is 10.1 Å². The molecule has 0 heterocycles. The van der Waals surface area contributed by atoms with Crippen LogP contribution in [0.2, 0.25) is 0 Å². The van der Waals surface area contributed by atoms with E-state index in [0.29, 0.717) is 6.54 Å². The molecule has 2 N–H and O–H groups in total. The molecule has 0 amide bonds. The minimum atomic E-state index is -0.447. The van der Waals surface area contributed by atoms with Gasteiger partial charge >= 0.3 is 0 Å². The van der Waals surface area contributed by atoms with Gasteiger partial charge in [-0.2, -0.15) is 0 Å². The Bertz CT molecular complexity index is 326. The summed E-state index contributed by atoms with van der Waals surface area (Å²) in [6.45, 7) is 5.63. The van der Waals surface area contributed by atoms with Gasteiger partial charge in [-0.1, -0.05) is 13.0 Å². The molecular formula is C13H21NO2. The van der Waals surface area contributed by atoms with Crippen LogP contribution in [0.1, 0.15) is 30.6 Å². The van der Waals surface area contributed by atoms with Crippen LogP contribution in [0.4, 0.5) is 0 Å². The number of hydrogen-bond acceptors (Lipinski definition) is 3. The highest BCUT2D eigenvalue weighted by Gasteiger charge is 2.10. The fourth-order valence-corrected chi connectivity index (χ4v) is 1.67. The molecule has 1 unspecified atom stereocenters. The molecule has 0 saturated carbocycles. The molecule has 3 heteroatoms. The molecule has 1 rings (SSSR count). The molecule has 0 spiro atoms. The summed E-state index contributed by atoms with van der Waals surface area (Å²) < 4.78 is 5.13. The van der Waals surface area contributed by atoms with E-state index in [0.717, 1.165) is 29.8 Å². The quantitative estimate of drug-likeness (QED) is 0.725. The molecule has 0 radical (unpaired) electrons. The van der Waals surface area contributed by atoms with Crippen LogP contribution in [0, 0.1) is 6.92 Å². The first kappa shape index (κ1) is 13.0. The van der Waals surface area contributed by atoms with E-state index in [9.17, 15) is 5.11 Å². The molecule has 3 nitrogen and oxygen atoms in total. The number of benzene rings is 1. The lowest BCUT2D eigenvalue weighted by Gasteiger charge is -2.15. The van der Waals surface area contributed by atoms with Crippen molar-refractivity contribution in [3.8, 4) is 5.75 Å². The summed E-state index contributed by atoms with van der Waals surface area (Å²) in [7, 11) is 1.65. The first-order valence-corrected chi connectivity index (χ1v) is 5.72. The first-order valence-electron chi connectivity index (χ1n) is 5.72. The highest BCUT2D eigenvalue weighted by atomic mass is 16.5. The van der Waals surface area contributed by atoms with E-state index in [4.69, 9.17) is 4.74 Å². The van der Waals surface area contributed by atoms with Crippen LogP contribution in [0.15, 0.2) is 18.2 Å². The summed E-state index contributed by atoms with van der Waals surface area (Å²) in [6.07, 6.45) is 0.631. The zero-order valence-corrected chi connectivity index (χ0v) is 10.3. The SMILES string of the molecule is CCCNCC(O)c1ccc(OC)cc1C. The average molecular weight is 223 g/mol. The van der Waals surface area contributed by atoms with Gasteiger partial charge in [-0.3, -0.25) is 0 Å². The molecule has 0 fully saturated rings. The fourth-order valence-electron chi connectivity index (χ4n) is 1.67. The Morgan fingerprint density at radius 1 is 1.44 bits per heavy atom. The van der Waals surface area contributed by atoms with Gasteiger partial charge in [-0.15, -0.1) is 0 Å². The van der Waals surface area contributed by atoms with Crippen LogP contribution in [-0.4, -0.2) is 25.3 Å². The maximum absolute atomic E-state index is 9.99. The standard InChI is InChI=1S/C13H21NO2/c1-4-7-14-9-13(15)12-6-5-11(16-3)8-10(12)2/h5-6,8,13-15H,4,7,9H2,1-3H3. The second-order valence-electron chi connectivity index (χ2n) is 3.94. The summed E-state index contributed by atoms with van der Waals surface area (Å²) >= 11 is 0. The summed E-state index contributed by atoms with van der Waals surface area (Å²) in [4.78, 5) is 0. The van der Waals surface area contributed by atoms with Gasteiger partial charge in [0.1, 0.15) is 5.75 Å². The predicted octanol–water partition coefficient (Wildman–Crippen LogP) is 2.04. The number of methoxy groups -OCH3 is 1. The molecule has 16 heavy (non-hydrogen) atoms. The maximum atomic E-state index is 9.99.